The molecule has 0 aromatic heterocycles. The molecule has 2 aromatic carbocycles. The van der Waals surface area contributed by atoms with Crippen LogP contribution in [0.5, 0.6) is 5.75 Å². The first-order valence-corrected chi connectivity index (χ1v) is 8.19. The lowest BCUT2D eigenvalue weighted by Gasteiger charge is -1.97. The van der Waals surface area contributed by atoms with E-state index in [0.29, 0.717) is 0 Å². The lowest BCUT2D eigenvalue weighted by Crippen LogP contribution is -2.08. The summed E-state index contributed by atoms with van der Waals surface area (Å²) in [5.41, 5.74) is 2.07. The van der Waals surface area contributed by atoms with Crippen LogP contribution in [0.4, 0.5) is 0 Å². The monoisotopic (exact) mass is 252 g/mol. The zero-order valence-electron chi connectivity index (χ0n) is 10.7. The molecular formula is C16H16OSi. The molecule has 0 bridgehead atoms. The minimum absolute atomic E-state index is 0.0588. The molecule has 2 heteroatoms. The number of ether oxygens (including phenoxy) is 1. The summed E-state index contributed by atoms with van der Waals surface area (Å²) in [5, 5.41) is 1.48. The minimum atomic E-state index is -0.0588. The van der Waals surface area contributed by atoms with Crippen molar-refractivity contribution in [2.45, 2.75) is 6.55 Å². The maximum absolute atomic E-state index is 5.11. The minimum Gasteiger partial charge on any atom is -0.497 e. The van der Waals surface area contributed by atoms with Crippen LogP contribution < -0.4 is 9.92 Å². The van der Waals surface area contributed by atoms with Gasteiger partial charge in [-0.2, -0.15) is 0 Å². The van der Waals surface area contributed by atoms with Gasteiger partial charge < -0.3 is 4.74 Å². The summed E-state index contributed by atoms with van der Waals surface area (Å²) in [6.45, 7) is 2.29. The fourth-order valence-electron chi connectivity index (χ4n) is 1.64. The van der Waals surface area contributed by atoms with Crippen LogP contribution >= 0.6 is 0 Å². The maximum atomic E-state index is 5.11. The molecule has 0 fully saturated rings. The van der Waals surface area contributed by atoms with Crippen LogP contribution in [0.1, 0.15) is 11.1 Å². The van der Waals surface area contributed by atoms with Crippen LogP contribution in [0.2, 0.25) is 6.55 Å². The lowest BCUT2D eigenvalue weighted by atomic mass is 10.2. The molecule has 1 nitrogen and oxygen atoms in total. The third kappa shape index (κ3) is 3.25. The quantitative estimate of drug-likeness (QED) is 0.586. The van der Waals surface area contributed by atoms with Gasteiger partial charge in [0.1, 0.15) is 5.75 Å². The van der Waals surface area contributed by atoms with Crippen molar-refractivity contribution < 1.29 is 4.74 Å². The van der Waals surface area contributed by atoms with Gasteiger partial charge in [0.05, 0.1) is 16.6 Å². The maximum Gasteiger partial charge on any atom is 0.118 e. The average molecular weight is 252 g/mol. The highest BCUT2D eigenvalue weighted by Crippen LogP contribution is 2.10. The topological polar surface area (TPSA) is 9.23 Å². The lowest BCUT2D eigenvalue weighted by molar-refractivity contribution is 0.415. The summed E-state index contributed by atoms with van der Waals surface area (Å²) in [4.78, 5) is 0. The molecule has 0 unspecified atom stereocenters. The Balaban J connectivity index is 2.14. The Morgan fingerprint density at radius 2 is 1.33 bits per heavy atom. The van der Waals surface area contributed by atoms with Gasteiger partial charge in [-0.25, -0.2) is 0 Å². The molecule has 0 saturated carbocycles. The molecule has 18 heavy (non-hydrogen) atoms. The van der Waals surface area contributed by atoms with Gasteiger partial charge in [0.2, 0.25) is 0 Å². The van der Waals surface area contributed by atoms with E-state index in [4.69, 9.17) is 4.74 Å². The highest BCUT2D eigenvalue weighted by Gasteiger charge is 1.91. The van der Waals surface area contributed by atoms with Crippen LogP contribution in [0.15, 0.2) is 48.5 Å². The molecule has 0 radical (unpaired) electrons. The fraction of sp³-hybridized carbons (Fsp3) is 0.125. The molecular weight excluding hydrogens is 236 g/mol. The number of rotatable bonds is 2. The zero-order chi connectivity index (χ0) is 12.8. The standard InChI is InChI=1S/C16H16OSi/c1-17-15-9-5-13(6-10-15)3-4-14-7-11-16(18-2)12-8-14/h5-12H,18H2,1-2H3. The van der Waals surface area contributed by atoms with E-state index in [1.165, 1.54) is 5.19 Å². The van der Waals surface area contributed by atoms with Gasteiger partial charge in [0.25, 0.3) is 0 Å². The summed E-state index contributed by atoms with van der Waals surface area (Å²) in [6, 6.07) is 16.4. The molecule has 0 aliphatic heterocycles. The van der Waals surface area contributed by atoms with Crippen molar-refractivity contribution in [3.63, 3.8) is 0 Å². The van der Waals surface area contributed by atoms with E-state index in [1.807, 2.05) is 24.3 Å². The van der Waals surface area contributed by atoms with Crippen molar-refractivity contribution in [2.24, 2.45) is 0 Å². The van der Waals surface area contributed by atoms with E-state index in [0.717, 1.165) is 16.9 Å². The molecule has 2 rings (SSSR count). The number of methoxy groups -OCH3 is 1. The first kappa shape index (κ1) is 12.5. The van der Waals surface area contributed by atoms with E-state index in [2.05, 4.69) is 42.7 Å². The van der Waals surface area contributed by atoms with E-state index in [1.54, 1.807) is 7.11 Å². The smallest absolute Gasteiger partial charge is 0.118 e. The van der Waals surface area contributed by atoms with Crippen molar-refractivity contribution in [3.05, 3.63) is 59.7 Å². The van der Waals surface area contributed by atoms with Crippen LogP contribution in [-0.4, -0.2) is 16.6 Å². The largest absolute Gasteiger partial charge is 0.497 e. The van der Waals surface area contributed by atoms with Crippen LogP contribution in [0.3, 0.4) is 0 Å². The van der Waals surface area contributed by atoms with Crippen molar-refractivity contribution in [1.29, 1.82) is 0 Å². The van der Waals surface area contributed by atoms with Crippen molar-refractivity contribution >= 4 is 14.7 Å². The van der Waals surface area contributed by atoms with E-state index >= 15 is 0 Å². The molecule has 0 atom stereocenters. The van der Waals surface area contributed by atoms with Gasteiger partial charge in [0, 0.05) is 11.1 Å². The predicted octanol–water partition coefficient (Wildman–Crippen LogP) is 1.94. The number of hydrogen-bond acceptors (Lipinski definition) is 1. The molecule has 0 amide bonds. The average Bonchev–Trinajstić information content (AvgIpc) is 2.46. The van der Waals surface area contributed by atoms with Gasteiger partial charge in [-0.15, -0.1) is 0 Å². The van der Waals surface area contributed by atoms with Gasteiger partial charge >= 0.3 is 0 Å². The third-order valence-corrected chi connectivity index (χ3v) is 4.09. The second-order valence-corrected chi connectivity index (χ2v) is 5.55. The molecule has 0 spiro atoms. The molecule has 2 aromatic rings. The highest BCUT2D eigenvalue weighted by atomic mass is 28.2. The molecule has 0 N–H and O–H groups in total. The van der Waals surface area contributed by atoms with Crippen molar-refractivity contribution in [2.75, 3.05) is 7.11 Å². The number of benzene rings is 2. The van der Waals surface area contributed by atoms with Crippen molar-refractivity contribution in [1.82, 2.24) is 0 Å². The van der Waals surface area contributed by atoms with Crippen molar-refractivity contribution in [3.8, 4) is 17.6 Å². The Labute approximate surface area is 111 Å². The van der Waals surface area contributed by atoms with Gasteiger partial charge in [-0.1, -0.05) is 35.7 Å². The van der Waals surface area contributed by atoms with Gasteiger partial charge in [-0.3, -0.25) is 0 Å². The normalized spacial score (nSPS) is 10.1. The van der Waals surface area contributed by atoms with E-state index < -0.39 is 0 Å². The van der Waals surface area contributed by atoms with Crippen LogP contribution in [0, 0.1) is 11.8 Å². The Hall–Kier alpha value is -1.98. The second kappa shape index (κ2) is 6.09. The summed E-state index contributed by atoms with van der Waals surface area (Å²) in [6.07, 6.45) is 0. The Morgan fingerprint density at radius 3 is 1.78 bits per heavy atom. The Bertz CT molecular complexity index is 507. The van der Waals surface area contributed by atoms with Gasteiger partial charge in [-0.05, 0) is 36.4 Å². The first-order chi connectivity index (χ1) is 8.81. The highest BCUT2D eigenvalue weighted by molar-refractivity contribution is 6.51. The fourth-order valence-corrected chi connectivity index (χ4v) is 2.35. The SMILES string of the molecule is COc1ccc(C#Cc2ccc([SiH2]C)cc2)cc1. The molecule has 0 saturated heterocycles. The first-order valence-electron chi connectivity index (χ1n) is 6.07. The van der Waals surface area contributed by atoms with Crippen LogP contribution in [-0.2, 0) is 0 Å². The van der Waals surface area contributed by atoms with E-state index in [9.17, 15) is 0 Å². The molecule has 0 aliphatic carbocycles. The Kier molecular flexibility index (Phi) is 4.22. The Morgan fingerprint density at radius 1 is 0.833 bits per heavy atom. The van der Waals surface area contributed by atoms with Gasteiger partial charge in [0.15, 0.2) is 0 Å². The molecule has 0 heterocycles. The summed E-state index contributed by atoms with van der Waals surface area (Å²) >= 11 is 0. The number of hydrogen-bond donors (Lipinski definition) is 0. The summed E-state index contributed by atoms with van der Waals surface area (Å²) < 4.78 is 5.11. The third-order valence-electron chi connectivity index (χ3n) is 2.80. The predicted molar refractivity (Wildman–Crippen MR) is 79.5 cm³/mol. The molecule has 0 aliphatic rings. The zero-order valence-corrected chi connectivity index (χ0v) is 12.1. The second-order valence-electron chi connectivity index (χ2n) is 4.03. The van der Waals surface area contributed by atoms with Crippen LogP contribution in [0.25, 0.3) is 0 Å². The van der Waals surface area contributed by atoms with E-state index in [-0.39, 0.29) is 9.52 Å². The summed E-state index contributed by atoms with van der Waals surface area (Å²) in [7, 11) is 1.61. The summed E-state index contributed by atoms with van der Waals surface area (Å²) in [5.74, 6) is 7.19. The molecule has 90 valence electrons.